The van der Waals surface area contributed by atoms with Gasteiger partial charge in [-0.05, 0) is 17.4 Å². The molecule has 0 spiro atoms. The molecule has 1 aliphatic rings. The third-order valence-corrected chi connectivity index (χ3v) is 4.14. The standard InChI is InChI=1S/C15H21N3O3/c1-15(2)10-17(7-6-13(15)16)14(19)9-11-4-3-5-12(8-11)18(20)21/h3-5,8,13H,6-7,9-10,16H2,1-2H3. The van der Waals surface area contributed by atoms with Crippen LogP contribution in [-0.2, 0) is 11.2 Å². The molecule has 0 radical (unpaired) electrons. The fraction of sp³-hybridized carbons (Fsp3) is 0.533. The topological polar surface area (TPSA) is 89.5 Å². The molecule has 0 saturated carbocycles. The van der Waals surface area contributed by atoms with Crippen LogP contribution in [0.2, 0.25) is 0 Å². The zero-order valence-electron chi connectivity index (χ0n) is 12.4. The van der Waals surface area contributed by atoms with Crippen LogP contribution in [0.25, 0.3) is 0 Å². The van der Waals surface area contributed by atoms with Crippen LogP contribution >= 0.6 is 0 Å². The van der Waals surface area contributed by atoms with E-state index in [0.717, 1.165) is 6.42 Å². The van der Waals surface area contributed by atoms with Gasteiger partial charge in [0.15, 0.2) is 0 Å². The van der Waals surface area contributed by atoms with Crippen LogP contribution in [0.15, 0.2) is 24.3 Å². The van der Waals surface area contributed by atoms with Gasteiger partial charge in [0.05, 0.1) is 11.3 Å². The summed E-state index contributed by atoms with van der Waals surface area (Å²) < 4.78 is 0. The van der Waals surface area contributed by atoms with Crippen molar-refractivity contribution in [3.63, 3.8) is 0 Å². The molecule has 1 amide bonds. The summed E-state index contributed by atoms with van der Waals surface area (Å²) in [7, 11) is 0. The highest BCUT2D eigenvalue weighted by atomic mass is 16.6. The lowest BCUT2D eigenvalue weighted by molar-refractivity contribution is -0.384. The van der Waals surface area contributed by atoms with Gasteiger partial charge < -0.3 is 10.6 Å². The van der Waals surface area contributed by atoms with E-state index >= 15 is 0 Å². The van der Waals surface area contributed by atoms with E-state index in [1.807, 2.05) is 4.90 Å². The summed E-state index contributed by atoms with van der Waals surface area (Å²) in [5, 5.41) is 10.8. The number of piperidine rings is 1. The summed E-state index contributed by atoms with van der Waals surface area (Å²) >= 11 is 0. The van der Waals surface area contributed by atoms with Crippen molar-refractivity contribution in [1.29, 1.82) is 0 Å². The fourth-order valence-corrected chi connectivity index (χ4v) is 2.65. The van der Waals surface area contributed by atoms with Crippen molar-refractivity contribution in [2.45, 2.75) is 32.7 Å². The number of hydrogen-bond acceptors (Lipinski definition) is 4. The molecule has 21 heavy (non-hydrogen) atoms. The predicted octanol–water partition coefficient (Wildman–Crippen LogP) is 1.72. The van der Waals surface area contributed by atoms with Gasteiger partial charge in [-0.3, -0.25) is 14.9 Å². The fourth-order valence-electron chi connectivity index (χ4n) is 2.65. The zero-order valence-corrected chi connectivity index (χ0v) is 12.4. The SMILES string of the molecule is CC1(C)CN(C(=O)Cc2cccc([N+](=O)[O-])c2)CCC1N. The number of likely N-dealkylation sites (tertiary alicyclic amines) is 1. The number of nitrogens with two attached hydrogens (primary N) is 1. The van der Waals surface area contributed by atoms with Gasteiger partial charge in [0, 0.05) is 31.3 Å². The van der Waals surface area contributed by atoms with E-state index in [1.54, 1.807) is 12.1 Å². The average molecular weight is 291 g/mol. The molecule has 1 saturated heterocycles. The summed E-state index contributed by atoms with van der Waals surface area (Å²) in [6.45, 7) is 5.40. The van der Waals surface area contributed by atoms with Crippen molar-refractivity contribution in [2.24, 2.45) is 11.1 Å². The Morgan fingerprint density at radius 3 is 2.86 bits per heavy atom. The van der Waals surface area contributed by atoms with Gasteiger partial charge >= 0.3 is 0 Å². The molecule has 0 aromatic heterocycles. The summed E-state index contributed by atoms with van der Waals surface area (Å²) in [6.07, 6.45) is 0.973. The molecule has 1 heterocycles. The largest absolute Gasteiger partial charge is 0.342 e. The number of non-ortho nitro benzene ring substituents is 1. The third kappa shape index (κ3) is 3.58. The minimum atomic E-state index is -0.447. The summed E-state index contributed by atoms with van der Waals surface area (Å²) in [6, 6.07) is 6.33. The van der Waals surface area contributed by atoms with Crippen molar-refractivity contribution < 1.29 is 9.72 Å². The molecule has 1 atom stereocenters. The van der Waals surface area contributed by atoms with Gasteiger partial charge in [-0.25, -0.2) is 0 Å². The number of nitro benzene ring substituents is 1. The van der Waals surface area contributed by atoms with Crippen LogP contribution in [0.5, 0.6) is 0 Å². The van der Waals surface area contributed by atoms with E-state index in [0.29, 0.717) is 18.7 Å². The van der Waals surface area contributed by atoms with Crippen LogP contribution in [0, 0.1) is 15.5 Å². The number of hydrogen-bond donors (Lipinski definition) is 1. The number of carbonyl (C=O) groups is 1. The maximum absolute atomic E-state index is 12.4. The number of amides is 1. The average Bonchev–Trinajstić information content (AvgIpc) is 2.42. The van der Waals surface area contributed by atoms with Gasteiger partial charge in [0.1, 0.15) is 0 Å². The van der Waals surface area contributed by atoms with Gasteiger partial charge in [0.25, 0.3) is 5.69 Å². The van der Waals surface area contributed by atoms with Gasteiger partial charge in [-0.2, -0.15) is 0 Å². The van der Waals surface area contributed by atoms with Crippen molar-refractivity contribution in [1.82, 2.24) is 4.90 Å². The number of rotatable bonds is 3. The molecule has 6 heteroatoms. The van der Waals surface area contributed by atoms with Crippen molar-refractivity contribution in [3.05, 3.63) is 39.9 Å². The third-order valence-electron chi connectivity index (χ3n) is 4.14. The molecule has 1 aromatic carbocycles. The van der Waals surface area contributed by atoms with Crippen LogP contribution in [-0.4, -0.2) is 34.9 Å². The van der Waals surface area contributed by atoms with Crippen molar-refractivity contribution in [3.8, 4) is 0 Å². The van der Waals surface area contributed by atoms with E-state index in [1.165, 1.54) is 12.1 Å². The van der Waals surface area contributed by atoms with Gasteiger partial charge in [-0.15, -0.1) is 0 Å². The first-order valence-corrected chi connectivity index (χ1v) is 7.06. The van der Waals surface area contributed by atoms with E-state index in [4.69, 9.17) is 5.73 Å². The van der Waals surface area contributed by atoms with Gasteiger partial charge in [0.2, 0.25) is 5.91 Å². The zero-order chi connectivity index (χ0) is 15.6. The Morgan fingerprint density at radius 1 is 1.52 bits per heavy atom. The van der Waals surface area contributed by atoms with E-state index < -0.39 is 4.92 Å². The Bertz CT molecular complexity index is 557. The second-order valence-corrected chi connectivity index (χ2v) is 6.30. The predicted molar refractivity (Wildman–Crippen MR) is 79.8 cm³/mol. The van der Waals surface area contributed by atoms with E-state index in [9.17, 15) is 14.9 Å². The summed E-state index contributed by atoms with van der Waals surface area (Å²) in [4.78, 5) is 24.5. The molecule has 2 rings (SSSR count). The molecule has 1 aromatic rings. The molecule has 114 valence electrons. The van der Waals surface area contributed by atoms with Crippen LogP contribution in [0.3, 0.4) is 0 Å². The maximum Gasteiger partial charge on any atom is 0.269 e. The van der Waals surface area contributed by atoms with Gasteiger partial charge in [-0.1, -0.05) is 26.0 Å². The lowest BCUT2D eigenvalue weighted by atomic mass is 9.79. The Morgan fingerprint density at radius 2 is 2.24 bits per heavy atom. The summed E-state index contributed by atoms with van der Waals surface area (Å²) in [5.74, 6) is -0.00419. The highest BCUT2D eigenvalue weighted by Crippen LogP contribution is 2.28. The monoisotopic (exact) mass is 291 g/mol. The van der Waals surface area contributed by atoms with Crippen molar-refractivity contribution in [2.75, 3.05) is 13.1 Å². The Kier molecular flexibility index (Phi) is 4.27. The molecule has 1 aliphatic heterocycles. The maximum atomic E-state index is 12.4. The second-order valence-electron chi connectivity index (χ2n) is 6.30. The first kappa shape index (κ1) is 15.4. The quantitative estimate of drug-likeness (QED) is 0.678. The molecule has 0 bridgehead atoms. The molecule has 0 aliphatic carbocycles. The van der Waals surface area contributed by atoms with Crippen LogP contribution in [0.4, 0.5) is 5.69 Å². The Balaban J connectivity index is 2.05. The minimum absolute atomic E-state index is 0.00419. The van der Waals surface area contributed by atoms with E-state index in [2.05, 4.69) is 13.8 Å². The molecule has 1 unspecified atom stereocenters. The van der Waals surface area contributed by atoms with Crippen LogP contribution < -0.4 is 5.73 Å². The normalized spacial score (nSPS) is 21.1. The van der Waals surface area contributed by atoms with Crippen molar-refractivity contribution >= 4 is 11.6 Å². The Hall–Kier alpha value is -1.95. The minimum Gasteiger partial charge on any atom is -0.342 e. The number of nitro groups is 1. The first-order chi connectivity index (χ1) is 9.79. The smallest absolute Gasteiger partial charge is 0.269 e. The first-order valence-electron chi connectivity index (χ1n) is 7.06. The highest BCUT2D eigenvalue weighted by molar-refractivity contribution is 5.79. The summed E-state index contributed by atoms with van der Waals surface area (Å²) in [5.41, 5.74) is 6.65. The number of benzene rings is 1. The molecular weight excluding hydrogens is 270 g/mol. The second kappa shape index (κ2) is 5.81. The van der Waals surface area contributed by atoms with E-state index in [-0.39, 0.29) is 29.5 Å². The Labute approximate surface area is 124 Å². The highest BCUT2D eigenvalue weighted by Gasteiger charge is 2.35. The van der Waals surface area contributed by atoms with Crippen LogP contribution in [0.1, 0.15) is 25.8 Å². The lowest BCUT2D eigenvalue weighted by Crippen LogP contribution is -2.54. The number of nitrogens with zero attached hydrogens (tertiary/aromatic N) is 2. The molecule has 6 nitrogen and oxygen atoms in total. The molecule has 1 fully saturated rings. The molecule has 2 N–H and O–H groups in total. The number of carbonyl (C=O) groups excluding carboxylic acids is 1. The lowest BCUT2D eigenvalue weighted by Gasteiger charge is -2.42. The molecular formula is C15H21N3O3.